The SMILES string of the molecule is O=C(Cn1c(Cl)nc2ccccc21)Oc1ccccc1. The van der Waals surface area contributed by atoms with Crippen LogP contribution in [0.3, 0.4) is 0 Å². The van der Waals surface area contributed by atoms with Gasteiger partial charge in [-0.15, -0.1) is 0 Å². The number of carbonyl (C=O) groups excluding carboxylic acids is 1. The number of aromatic nitrogens is 2. The highest BCUT2D eigenvalue weighted by atomic mass is 35.5. The number of hydrogen-bond donors (Lipinski definition) is 0. The van der Waals surface area contributed by atoms with Crippen molar-refractivity contribution in [3.05, 3.63) is 59.9 Å². The Bertz CT molecular complexity index is 753. The van der Waals surface area contributed by atoms with Crippen LogP contribution in [0.2, 0.25) is 5.28 Å². The van der Waals surface area contributed by atoms with Gasteiger partial charge in [0.25, 0.3) is 0 Å². The summed E-state index contributed by atoms with van der Waals surface area (Å²) in [6.45, 7) is 0.0221. The quantitative estimate of drug-likeness (QED) is 0.548. The molecule has 0 bridgehead atoms. The third-order valence-corrected chi connectivity index (χ3v) is 3.16. The second-order valence-electron chi connectivity index (χ2n) is 4.24. The van der Waals surface area contributed by atoms with Crippen LogP contribution < -0.4 is 4.74 Å². The molecule has 5 heteroatoms. The van der Waals surface area contributed by atoms with Crippen LogP contribution >= 0.6 is 11.6 Å². The summed E-state index contributed by atoms with van der Waals surface area (Å²) in [5.41, 5.74) is 1.56. The lowest BCUT2D eigenvalue weighted by atomic mass is 10.3. The Kier molecular flexibility index (Phi) is 3.39. The first-order valence-electron chi connectivity index (χ1n) is 6.10. The molecule has 1 aromatic heterocycles. The molecule has 0 fully saturated rings. The van der Waals surface area contributed by atoms with Crippen molar-refractivity contribution in [1.82, 2.24) is 9.55 Å². The van der Waals surface area contributed by atoms with E-state index in [1.54, 1.807) is 16.7 Å². The van der Waals surface area contributed by atoms with Gasteiger partial charge in [0.2, 0.25) is 5.28 Å². The molecule has 0 aliphatic rings. The number of imidazole rings is 1. The molecule has 2 aromatic carbocycles. The minimum absolute atomic E-state index is 0.0221. The first-order chi connectivity index (χ1) is 9.74. The summed E-state index contributed by atoms with van der Waals surface area (Å²) in [5, 5.41) is 0.274. The van der Waals surface area contributed by atoms with Gasteiger partial charge in [-0.2, -0.15) is 0 Å². The predicted molar refractivity (Wildman–Crippen MR) is 76.8 cm³/mol. The first kappa shape index (κ1) is 12.7. The smallest absolute Gasteiger partial charge is 0.331 e. The van der Waals surface area contributed by atoms with Gasteiger partial charge < -0.3 is 9.30 Å². The molecular formula is C15H11ClN2O2. The van der Waals surface area contributed by atoms with Crippen LogP contribution in [0.1, 0.15) is 0 Å². The molecule has 0 atom stereocenters. The average molecular weight is 287 g/mol. The molecule has 0 saturated carbocycles. The Balaban J connectivity index is 1.83. The standard InChI is InChI=1S/C15H11ClN2O2/c16-15-17-12-8-4-5-9-13(12)18(15)10-14(19)20-11-6-2-1-3-7-11/h1-9H,10H2. The predicted octanol–water partition coefficient (Wildman–Crippen LogP) is 3.30. The zero-order valence-corrected chi connectivity index (χ0v) is 11.2. The topological polar surface area (TPSA) is 44.1 Å². The van der Waals surface area contributed by atoms with Crippen LogP contribution in [-0.2, 0) is 11.3 Å². The number of ether oxygens (including phenoxy) is 1. The largest absolute Gasteiger partial charge is 0.425 e. The van der Waals surface area contributed by atoms with Crippen LogP contribution in [-0.4, -0.2) is 15.5 Å². The Morgan fingerprint density at radius 3 is 2.60 bits per heavy atom. The molecule has 3 rings (SSSR count). The third-order valence-electron chi connectivity index (χ3n) is 2.87. The van der Waals surface area contributed by atoms with Crippen molar-refractivity contribution < 1.29 is 9.53 Å². The highest BCUT2D eigenvalue weighted by Crippen LogP contribution is 2.19. The first-order valence-corrected chi connectivity index (χ1v) is 6.48. The summed E-state index contributed by atoms with van der Waals surface area (Å²) in [4.78, 5) is 16.1. The van der Waals surface area contributed by atoms with Gasteiger partial charge in [0.1, 0.15) is 12.3 Å². The number of hydrogen-bond acceptors (Lipinski definition) is 3. The molecule has 0 saturated heterocycles. The van der Waals surface area contributed by atoms with E-state index in [9.17, 15) is 4.79 Å². The molecule has 4 nitrogen and oxygen atoms in total. The number of nitrogens with zero attached hydrogens (tertiary/aromatic N) is 2. The van der Waals surface area contributed by atoms with Gasteiger partial charge in [-0.05, 0) is 35.9 Å². The monoisotopic (exact) mass is 286 g/mol. The fraction of sp³-hybridized carbons (Fsp3) is 0.0667. The highest BCUT2D eigenvalue weighted by Gasteiger charge is 2.13. The molecule has 0 spiro atoms. The van der Waals surface area contributed by atoms with Crippen molar-refractivity contribution in [3.8, 4) is 5.75 Å². The van der Waals surface area contributed by atoms with E-state index in [4.69, 9.17) is 16.3 Å². The molecule has 0 radical (unpaired) electrons. The van der Waals surface area contributed by atoms with E-state index in [1.165, 1.54) is 0 Å². The second kappa shape index (κ2) is 5.35. The van der Waals surface area contributed by atoms with Crippen LogP contribution in [0.4, 0.5) is 0 Å². The van der Waals surface area contributed by atoms with Crippen molar-refractivity contribution in [2.24, 2.45) is 0 Å². The molecule has 100 valence electrons. The lowest BCUT2D eigenvalue weighted by Crippen LogP contribution is -2.16. The molecule has 0 amide bonds. The fourth-order valence-corrected chi connectivity index (χ4v) is 2.22. The van der Waals surface area contributed by atoms with Crippen molar-refractivity contribution in [2.45, 2.75) is 6.54 Å². The molecule has 0 aliphatic carbocycles. The number of fused-ring (bicyclic) bond motifs is 1. The average Bonchev–Trinajstić information content (AvgIpc) is 2.76. The van der Waals surface area contributed by atoms with E-state index in [1.807, 2.05) is 42.5 Å². The van der Waals surface area contributed by atoms with Gasteiger partial charge in [0.05, 0.1) is 11.0 Å². The maximum Gasteiger partial charge on any atom is 0.331 e. The van der Waals surface area contributed by atoms with Crippen molar-refractivity contribution in [1.29, 1.82) is 0 Å². The maximum atomic E-state index is 11.9. The van der Waals surface area contributed by atoms with Gasteiger partial charge >= 0.3 is 5.97 Å². The van der Waals surface area contributed by atoms with Gasteiger partial charge in [-0.25, -0.2) is 9.78 Å². The van der Waals surface area contributed by atoms with Crippen LogP contribution in [0, 0.1) is 0 Å². The Labute approximate surface area is 120 Å². The third kappa shape index (κ3) is 2.51. The molecule has 3 aromatic rings. The van der Waals surface area contributed by atoms with Crippen LogP contribution in [0.15, 0.2) is 54.6 Å². The lowest BCUT2D eigenvalue weighted by Gasteiger charge is -2.06. The zero-order valence-electron chi connectivity index (χ0n) is 10.5. The number of halogens is 1. The van der Waals surface area contributed by atoms with Crippen LogP contribution in [0.25, 0.3) is 11.0 Å². The fourth-order valence-electron chi connectivity index (χ4n) is 1.98. The van der Waals surface area contributed by atoms with E-state index in [-0.39, 0.29) is 17.8 Å². The summed E-state index contributed by atoms with van der Waals surface area (Å²) in [6.07, 6.45) is 0. The van der Waals surface area contributed by atoms with Crippen molar-refractivity contribution in [2.75, 3.05) is 0 Å². The van der Waals surface area contributed by atoms with E-state index >= 15 is 0 Å². The van der Waals surface area contributed by atoms with E-state index in [0.717, 1.165) is 11.0 Å². The molecule has 0 aliphatic heterocycles. The highest BCUT2D eigenvalue weighted by molar-refractivity contribution is 6.29. The van der Waals surface area contributed by atoms with Crippen molar-refractivity contribution >= 4 is 28.6 Å². The number of benzene rings is 2. The van der Waals surface area contributed by atoms with Gasteiger partial charge in [-0.1, -0.05) is 30.3 Å². The number of esters is 1. The zero-order chi connectivity index (χ0) is 13.9. The summed E-state index contributed by atoms with van der Waals surface area (Å²) in [7, 11) is 0. The van der Waals surface area contributed by atoms with E-state index in [2.05, 4.69) is 4.98 Å². The number of para-hydroxylation sites is 3. The minimum Gasteiger partial charge on any atom is -0.425 e. The Hall–Kier alpha value is -2.33. The molecular weight excluding hydrogens is 276 g/mol. The van der Waals surface area contributed by atoms with Gasteiger partial charge in [0, 0.05) is 0 Å². The normalized spacial score (nSPS) is 10.7. The summed E-state index contributed by atoms with van der Waals surface area (Å²) in [6, 6.07) is 16.4. The molecule has 20 heavy (non-hydrogen) atoms. The lowest BCUT2D eigenvalue weighted by molar-refractivity contribution is -0.134. The number of carbonyl (C=O) groups is 1. The summed E-state index contributed by atoms with van der Waals surface area (Å²) < 4.78 is 6.87. The molecule has 1 heterocycles. The van der Waals surface area contributed by atoms with Gasteiger partial charge in [0.15, 0.2) is 0 Å². The van der Waals surface area contributed by atoms with Crippen LogP contribution in [0.5, 0.6) is 5.75 Å². The van der Waals surface area contributed by atoms with Gasteiger partial charge in [-0.3, -0.25) is 0 Å². The minimum atomic E-state index is -0.388. The molecule has 0 N–H and O–H groups in total. The Morgan fingerprint density at radius 1 is 1.10 bits per heavy atom. The van der Waals surface area contributed by atoms with Crippen molar-refractivity contribution in [3.63, 3.8) is 0 Å². The Morgan fingerprint density at radius 2 is 1.80 bits per heavy atom. The maximum absolute atomic E-state index is 11.9. The second-order valence-corrected chi connectivity index (χ2v) is 4.58. The molecule has 0 unspecified atom stereocenters. The van der Waals surface area contributed by atoms with E-state index in [0.29, 0.717) is 5.75 Å². The summed E-state index contributed by atoms with van der Waals surface area (Å²) >= 11 is 6.06. The number of rotatable bonds is 3. The summed E-state index contributed by atoms with van der Waals surface area (Å²) in [5.74, 6) is 0.124. The van der Waals surface area contributed by atoms with E-state index < -0.39 is 0 Å².